The first kappa shape index (κ1) is 18.0. The van der Waals surface area contributed by atoms with Gasteiger partial charge in [0.2, 0.25) is 0 Å². The van der Waals surface area contributed by atoms with Gasteiger partial charge in [0.25, 0.3) is 17.4 Å². The summed E-state index contributed by atoms with van der Waals surface area (Å²) in [7, 11) is 1.58. The lowest BCUT2D eigenvalue weighted by atomic mass is 10.0. The zero-order chi connectivity index (χ0) is 19.7. The number of hydrogen-bond donors (Lipinski definition) is 1. The lowest BCUT2D eigenvalue weighted by Crippen LogP contribution is -2.30. The first-order valence-corrected chi connectivity index (χ1v) is 9.33. The molecule has 1 aromatic heterocycles. The molecule has 0 saturated carbocycles. The van der Waals surface area contributed by atoms with E-state index in [4.69, 9.17) is 0 Å². The molecule has 3 aromatic rings. The first-order valence-electron chi connectivity index (χ1n) is 9.33. The number of carbonyl (C=O) groups excluding carboxylic acids is 2. The fraction of sp³-hybridized carbons (Fsp3) is 0.227. The lowest BCUT2D eigenvalue weighted by Gasteiger charge is -2.16. The molecule has 2 heterocycles. The molecule has 4 rings (SSSR count). The molecule has 0 unspecified atom stereocenters. The summed E-state index contributed by atoms with van der Waals surface area (Å²) in [6.07, 6.45) is 3.50. The number of rotatable bonds is 3. The van der Waals surface area contributed by atoms with Crippen LogP contribution in [-0.4, -0.2) is 34.4 Å². The van der Waals surface area contributed by atoms with Crippen LogP contribution in [-0.2, 0) is 7.05 Å². The Morgan fingerprint density at radius 2 is 1.71 bits per heavy atom. The summed E-state index contributed by atoms with van der Waals surface area (Å²) in [5, 5.41) is 4.46. The zero-order valence-corrected chi connectivity index (χ0v) is 15.6. The Balaban J connectivity index is 1.68. The molecular formula is C22H21N3O3. The molecule has 0 bridgehead atoms. The standard InChI is InChI=1S/C22H21N3O3/c1-24-14-16(21(27)25-11-4-5-12-25)13-19(22(24)28)23-20(26)18-10-6-8-15-7-2-3-9-17(15)18/h2-3,6-10,13-14H,4-5,11-12H2,1H3,(H,23,26). The number of nitrogens with one attached hydrogen (secondary N) is 1. The van der Waals surface area contributed by atoms with Gasteiger partial charge >= 0.3 is 0 Å². The summed E-state index contributed by atoms with van der Waals surface area (Å²) in [5.74, 6) is -0.492. The number of nitrogens with zero attached hydrogens (tertiary/aromatic N) is 2. The van der Waals surface area contributed by atoms with E-state index in [0.29, 0.717) is 11.1 Å². The largest absolute Gasteiger partial charge is 0.339 e. The molecule has 6 nitrogen and oxygen atoms in total. The fourth-order valence-electron chi connectivity index (χ4n) is 3.63. The summed E-state index contributed by atoms with van der Waals surface area (Å²) < 4.78 is 1.34. The monoisotopic (exact) mass is 375 g/mol. The number of hydrogen-bond acceptors (Lipinski definition) is 3. The smallest absolute Gasteiger partial charge is 0.274 e. The highest BCUT2D eigenvalue weighted by Crippen LogP contribution is 2.20. The predicted octanol–water partition coefficient (Wildman–Crippen LogP) is 3.03. The molecule has 0 spiro atoms. The number of aryl methyl sites for hydroxylation is 1. The molecule has 142 valence electrons. The van der Waals surface area contributed by atoms with E-state index in [9.17, 15) is 14.4 Å². The summed E-state index contributed by atoms with van der Waals surface area (Å²) in [5.41, 5.74) is 0.630. The second kappa shape index (κ2) is 7.31. The van der Waals surface area contributed by atoms with Gasteiger partial charge in [-0.15, -0.1) is 0 Å². The van der Waals surface area contributed by atoms with Gasteiger partial charge in [-0.05, 0) is 35.7 Å². The topological polar surface area (TPSA) is 71.4 Å². The van der Waals surface area contributed by atoms with Crippen LogP contribution in [0, 0.1) is 0 Å². The number of carbonyl (C=O) groups is 2. The van der Waals surface area contributed by atoms with Crippen molar-refractivity contribution in [2.75, 3.05) is 18.4 Å². The van der Waals surface area contributed by atoms with Crippen molar-refractivity contribution in [2.24, 2.45) is 7.05 Å². The van der Waals surface area contributed by atoms with E-state index in [2.05, 4.69) is 5.32 Å². The number of amides is 2. The maximum absolute atomic E-state index is 12.9. The maximum atomic E-state index is 12.9. The van der Waals surface area contributed by atoms with E-state index in [1.165, 1.54) is 16.8 Å². The Morgan fingerprint density at radius 3 is 2.50 bits per heavy atom. The molecule has 1 fully saturated rings. The van der Waals surface area contributed by atoms with Crippen LogP contribution >= 0.6 is 0 Å². The molecule has 0 atom stereocenters. The van der Waals surface area contributed by atoms with Crippen molar-refractivity contribution >= 4 is 28.3 Å². The minimum atomic E-state index is -0.375. The molecule has 1 aliphatic heterocycles. The van der Waals surface area contributed by atoms with E-state index in [-0.39, 0.29) is 23.1 Å². The molecule has 0 aliphatic carbocycles. The third-order valence-electron chi connectivity index (χ3n) is 5.11. The molecule has 6 heteroatoms. The predicted molar refractivity (Wildman–Crippen MR) is 109 cm³/mol. The van der Waals surface area contributed by atoms with E-state index >= 15 is 0 Å². The summed E-state index contributed by atoms with van der Waals surface area (Å²) in [6.45, 7) is 1.44. The van der Waals surface area contributed by atoms with Gasteiger partial charge in [-0.2, -0.15) is 0 Å². The Bertz CT molecular complexity index is 1120. The minimum absolute atomic E-state index is 0.102. The van der Waals surface area contributed by atoms with Crippen molar-refractivity contribution < 1.29 is 9.59 Å². The Morgan fingerprint density at radius 1 is 1.00 bits per heavy atom. The Hall–Kier alpha value is -3.41. The Labute approximate surface area is 162 Å². The number of likely N-dealkylation sites (tertiary alicyclic amines) is 1. The van der Waals surface area contributed by atoms with Crippen LogP contribution in [0.1, 0.15) is 33.6 Å². The number of benzene rings is 2. The van der Waals surface area contributed by atoms with Crippen molar-refractivity contribution in [1.82, 2.24) is 9.47 Å². The second-order valence-corrected chi connectivity index (χ2v) is 7.04. The van der Waals surface area contributed by atoms with Gasteiger partial charge in [0.15, 0.2) is 0 Å². The van der Waals surface area contributed by atoms with Crippen molar-refractivity contribution in [3.63, 3.8) is 0 Å². The number of fused-ring (bicyclic) bond motifs is 1. The molecule has 2 amide bonds. The third kappa shape index (κ3) is 3.29. The van der Waals surface area contributed by atoms with Crippen molar-refractivity contribution in [2.45, 2.75) is 12.8 Å². The maximum Gasteiger partial charge on any atom is 0.274 e. The van der Waals surface area contributed by atoms with E-state index in [1.54, 1.807) is 18.0 Å². The molecule has 0 radical (unpaired) electrons. The van der Waals surface area contributed by atoms with Gasteiger partial charge in [0.1, 0.15) is 5.69 Å². The molecule has 1 saturated heterocycles. The summed E-state index contributed by atoms with van der Waals surface area (Å²) in [6, 6.07) is 14.5. The highest BCUT2D eigenvalue weighted by atomic mass is 16.2. The highest BCUT2D eigenvalue weighted by Gasteiger charge is 2.21. The van der Waals surface area contributed by atoms with Crippen LogP contribution in [0.25, 0.3) is 10.8 Å². The van der Waals surface area contributed by atoms with Crippen molar-refractivity contribution in [1.29, 1.82) is 0 Å². The number of aromatic nitrogens is 1. The quantitative estimate of drug-likeness (QED) is 0.765. The first-order chi connectivity index (χ1) is 13.5. The van der Waals surface area contributed by atoms with Gasteiger partial charge < -0.3 is 14.8 Å². The molecular weight excluding hydrogens is 354 g/mol. The van der Waals surface area contributed by atoms with E-state index in [0.717, 1.165) is 36.7 Å². The summed E-state index contributed by atoms with van der Waals surface area (Å²) in [4.78, 5) is 39.9. The third-order valence-corrected chi connectivity index (χ3v) is 5.11. The number of pyridine rings is 1. The van der Waals surface area contributed by atoms with Gasteiger partial charge in [0, 0.05) is 31.9 Å². The van der Waals surface area contributed by atoms with Crippen LogP contribution in [0.2, 0.25) is 0 Å². The van der Waals surface area contributed by atoms with E-state index in [1.807, 2.05) is 36.4 Å². The normalized spacial score (nSPS) is 13.7. The number of anilines is 1. The van der Waals surface area contributed by atoms with Crippen LogP contribution < -0.4 is 10.9 Å². The van der Waals surface area contributed by atoms with Crippen LogP contribution in [0.15, 0.2) is 59.5 Å². The SMILES string of the molecule is Cn1cc(C(=O)N2CCCC2)cc(NC(=O)c2cccc3ccccc23)c1=O. The molecule has 2 aromatic carbocycles. The minimum Gasteiger partial charge on any atom is -0.339 e. The molecule has 1 N–H and O–H groups in total. The lowest BCUT2D eigenvalue weighted by molar-refractivity contribution is 0.0791. The van der Waals surface area contributed by atoms with Gasteiger partial charge in [-0.3, -0.25) is 14.4 Å². The molecule has 1 aliphatic rings. The average Bonchev–Trinajstić information content (AvgIpc) is 3.25. The molecule has 28 heavy (non-hydrogen) atoms. The second-order valence-electron chi connectivity index (χ2n) is 7.04. The van der Waals surface area contributed by atoms with Crippen LogP contribution in [0.5, 0.6) is 0 Å². The Kier molecular flexibility index (Phi) is 4.69. The van der Waals surface area contributed by atoms with Crippen molar-refractivity contribution in [3.8, 4) is 0 Å². The van der Waals surface area contributed by atoms with Crippen LogP contribution in [0.4, 0.5) is 5.69 Å². The van der Waals surface area contributed by atoms with Gasteiger partial charge in [-0.25, -0.2) is 0 Å². The highest BCUT2D eigenvalue weighted by molar-refractivity contribution is 6.13. The van der Waals surface area contributed by atoms with Crippen LogP contribution in [0.3, 0.4) is 0 Å². The van der Waals surface area contributed by atoms with Gasteiger partial charge in [0.05, 0.1) is 5.56 Å². The fourth-order valence-corrected chi connectivity index (χ4v) is 3.63. The van der Waals surface area contributed by atoms with Gasteiger partial charge in [-0.1, -0.05) is 36.4 Å². The zero-order valence-electron chi connectivity index (χ0n) is 15.6. The van der Waals surface area contributed by atoms with E-state index < -0.39 is 0 Å². The van der Waals surface area contributed by atoms with Crippen molar-refractivity contribution in [3.05, 3.63) is 76.2 Å². The average molecular weight is 375 g/mol. The summed E-state index contributed by atoms with van der Waals surface area (Å²) >= 11 is 0.